The van der Waals surface area contributed by atoms with Gasteiger partial charge in [-0.1, -0.05) is 24.3 Å². The number of rotatable bonds is 5. The van der Waals surface area contributed by atoms with Crippen LogP contribution in [-0.2, 0) is 16.9 Å². The molecule has 7 heteroatoms. The van der Waals surface area contributed by atoms with Crippen LogP contribution in [-0.4, -0.2) is 24.4 Å². The summed E-state index contributed by atoms with van der Waals surface area (Å²) in [5.41, 5.74) is 0. The molecule has 0 bridgehead atoms. The van der Waals surface area contributed by atoms with Crippen LogP contribution in [0, 0.1) is 0 Å². The summed E-state index contributed by atoms with van der Waals surface area (Å²) in [5.74, 6) is 0.558. The predicted octanol–water partition coefficient (Wildman–Crippen LogP) is 1.31. The van der Waals surface area contributed by atoms with Crippen molar-refractivity contribution in [1.29, 1.82) is 0 Å². The Morgan fingerprint density at radius 2 is 2.11 bits per heavy atom. The number of aromatic nitrogens is 3. The zero-order chi connectivity index (χ0) is 13.7. The van der Waals surface area contributed by atoms with Crippen LogP contribution in [0.25, 0.3) is 0 Å². The number of hydrogen-bond donors (Lipinski definition) is 1. The quantitative estimate of drug-likeness (QED) is 0.667. The molecule has 0 saturated heterocycles. The van der Waals surface area contributed by atoms with Gasteiger partial charge in [-0.05, 0) is 23.9 Å². The molecule has 0 unspecified atom stereocenters. The summed E-state index contributed by atoms with van der Waals surface area (Å²) in [4.78, 5) is 0.309. The molecular formula is C12H14N3O2S2+. The number of thioether (sulfide) groups is 1. The summed E-state index contributed by atoms with van der Waals surface area (Å²) in [6.07, 6.45) is 3.29. The van der Waals surface area contributed by atoms with Gasteiger partial charge in [0, 0.05) is 16.3 Å². The number of aryl methyl sites for hydroxylation is 1. The Bertz CT molecular complexity index is 663. The summed E-state index contributed by atoms with van der Waals surface area (Å²) >= 11 is 1.48. The fraction of sp³-hybridized carbons (Fsp3) is 0.167. The number of benzene rings is 1. The molecule has 0 aliphatic carbocycles. The maximum absolute atomic E-state index is 11.9. The molecule has 1 aromatic heterocycles. The van der Waals surface area contributed by atoms with Crippen LogP contribution >= 0.6 is 11.8 Å². The summed E-state index contributed by atoms with van der Waals surface area (Å²) in [7, 11) is -1.47. The Labute approximate surface area is 116 Å². The zero-order valence-electron chi connectivity index (χ0n) is 10.4. The van der Waals surface area contributed by atoms with E-state index in [0.29, 0.717) is 10.6 Å². The van der Waals surface area contributed by atoms with Gasteiger partial charge in [-0.15, -0.1) is 5.10 Å². The van der Waals surface area contributed by atoms with Crippen molar-refractivity contribution in [3.05, 3.63) is 48.1 Å². The van der Waals surface area contributed by atoms with Crippen LogP contribution in [0.1, 0.15) is 0 Å². The van der Waals surface area contributed by atoms with Crippen LogP contribution in [0.2, 0.25) is 0 Å². The van der Waals surface area contributed by atoms with Crippen molar-refractivity contribution < 1.29 is 13.0 Å². The molecule has 0 atom stereocenters. The Hall–Kier alpha value is -1.60. The highest BCUT2D eigenvalue weighted by atomic mass is 32.2. The molecule has 100 valence electrons. The molecule has 1 heterocycles. The fourth-order valence-electron chi connectivity index (χ4n) is 1.42. The first-order valence-corrected chi connectivity index (χ1v) is 8.11. The van der Waals surface area contributed by atoms with E-state index in [-0.39, 0.29) is 0 Å². The monoisotopic (exact) mass is 296 g/mol. The van der Waals surface area contributed by atoms with E-state index in [0.717, 1.165) is 5.16 Å². The summed E-state index contributed by atoms with van der Waals surface area (Å²) in [5, 5.41) is 8.82. The first-order valence-electron chi connectivity index (χ1n) is 5.58. The molecule has 0 saturated carbocycles. The van der Waals surface area contributed by atoms with Gasteiger partial charge in [-0.2, -0.15) is 0 Å². The molecule has 0 aliphatic heterocycles. The molecule has 0 fully saturated rings. The van der Waals surface area contributed by atoms with Crippen LogP contribution < -0.4 is 4.57 Å². The lowest BCUT2D eigenvalue weighted by molar-refractivity contribution is -0.709. The highest BCUT2D eigenvalue weighted by molar-refractivity contribution is 7.99. The molecule has 2 rings (SSSR count). The van der Waals surface area contributed by atoms with Crippen molar-refractivity contribution >= 4 is 21.6 Å². The first kappa shape index (κ1) is 13.8. The van der Waals surface area contributed by atoms with Crippen LogP contribution in [0.3, 0.4) is 0 Å². The third-order valence-electron chi connectivity index (χ3n) is 2.37. The average molecular weight is 296 g/mol. The third kappa shape index (κ3) is 3.68. The number of nitrogens with zero attached hydrogens (tertiary/aromatic N) is 2. The van der Waals surface area contributed by atoms with E-state index in [1.807, 2.05) is 11.6 Å². The molecule has 0 amide bonds. The Morgan fingerprint density at radius 3 is 2.74 bits per heavy atom. The molecular weight excluding hydrogens is 282 g/mol. The van der Waals surface area contributed by atoms with Gasteiger partial charge in [0.2, 0.25) is 0 Å². The lowest BCUT2D eigenvalue weighted by atomic mass is 10.4. The topological polar surface area (TPSA) is 66.7 Å². The van der Waals surface area contributed by atoms with Gasteiger partial charge in [0.1, 0.15) is 0 Å². The van der Waals surface area contributed by atoms with Crippen molar-refractivity contribution in [2.45, 2.75) is 10.1 Å². The van der Waals surface area contributed by atoms with E-state index in [2.05, 4.69) is 10.2 Å². The second-order valence-electron chi connectivity index (χ2n) is 3.81. The first-order chi connectivity index (χ1) is 9.09. The van der Waals surface area contributed by atoms with E-state index < -0.39 is 9.84 Å². The minimum absolute atomic E-state index is 0.309. The zero-order valence-corrected chi connectivity index (χ0v) is 12.0. The molecule has 19 heavy (non-hydrogen) atoms. The average Bonchev–Trinajstić information content (AvgIpc) is 2.81. The number of sulfone groups is 1. The smallest absolute Gasteiger partial charge is 0.228 e. The second-order valence-corrected chi connectivity index (χ2v) is 6.66. The Kier molecular flexibility index (Phi) is 4.39. The maximum Gasteiger partial charge on any atom is 0.293 e. The lowest BCUT2D eigenvalue weighted by Gasteiger charge is -1.97. The van der Waals surface area contributed by atoms with Crippen molar-refractivity contribution in [1.82, 2.24) is 10.2 Å². The van der Waals surface area contributed by atoms with Gasteiger partial charge < -0.3 is 0 Å². The van der Waals surface area contributed by atoms with E-state index in [4.69, 9.17) is 0 Å². The van der Waals surface area contributed by atoms with Gasteiger partial charge >= 0.3 is 0 Å². The summed E-state index contributed by atoms with van der Waals surface area (Å²) < 4.78 is 25.7. The standard InChI is InChI=1S/C12H13N3O2S2/c1-15-10-13-14-12(15)18-8-5-9-19(16,17)11-6-3-2-4-7-11/h2-7,9-10H,8H2,1H3/p+1. The normalized spacial score (nSPS) is 12.1. The molecule has 1 N–H and O–H groups in total. The SMILES string of the molecule is C[n+]1cn[nH]c1SCC=CS(=O)(=O)c1ccccc1. The largest absolute Gasteiger partial charge is 0.293 e. The summed E-state index contributed by atoms with van der Waals surface area (Å²) in [6.45, 7) is 0. The van der Waals surface area contributed by atoms with Crippen LogP contribution in [0.15, 0.2) is 58.2 Å². The van der Waals surface area contributed by atoms with E-state index >= 15 is 0 Å². The highest BCUT2D eigenvalue weighted by Gasteiger charge is 2.09. The number of aromatic amines is 1. The van der Waals surface area contributed by atoms with Gasteiger partial charge in [-0.3, -0.25) is 0 Å². The van der Waals surface area contributed by atoms with E-state index in [1.54, 1.807) is 42.7 Å². The van der Waals surface area contributed by atoms with Crippen molar-refractivity contribution in [2.75, 3.05) is 5.75 Å². The van der Waals surface area contributed by atoms with Crippen molar-refractivity contribution in [2.24, 2.45) is 7.05 Å². The van der Waals surface area contributed by atoms with Gasteiger partial charge in [0.05, 0.1) is 11.9 Å². The molecule has 5 nitrogen and oxygen atoms in total. The third-order valence-corrected chi connectivity index (χ3v) is 4.87. The molecule has 1 aromatic carbocycles. The number of H-pyrrole nitrogens is 1. The minimum atomic E-state index is -3.34. The predicted molar refractivity (Wildman–Crippen MR) is 73.3 cm³/mol. The fourth-order valence-corrected chi connectivity index (χ4v) is 3.30. The van der Waals surface area contributed by atoms with Gasteiger partial charge in [-0.25, -0.2) is 13.0 Å². The summed E-state index contributed by atoms with van der Waals surface area (Å²) in [6, 6.07) is 8.38. The molecule has 0 radical (unpaired) electrons. The molecule has 2 aromatic rings. The van der Waals surface area contributed by atoms with Gasteiger partial charge in [0.15, 0.2) is 9.84 Å². The van der Waals surface area contributed by atoms with Crippen LogP contribution in [0.4, 0.5) is 0 Å². The van der Waals surface area contributed by atoms with E-state index in [9.17, 15) is 8.42 Å². The van der Waals surface area contributed by atoms with Crippen molar-refractivity contribution in [3.8, 4) is 0 Å². The van der Waals surface area contributed by atoms with Gasteiger partial charge in [0.25, 0.3) is 11.5 Å². The maximum atomic E-state index is 11.9. The van der Waals surface area contributed by atoms with E-state index in [1.165, 1.54) is 17.2 Å². The highest BCUT2D eigenvalue weighted by Crippen LogP contribution is 2.13. The minimum Gasteiger partial charge on any atom is -0.228 e. The Morgan fingerprint density at radius 1 is 1.37 bits per heavy atom. The number of hydrogen-bond acceptors (Lipinski definition) is 4. The van der Waals surface area contributed by atoms with Crippen molar-refractivity contribution in [3.63, 3.8) is 0 Å². The molecule has 0 aliphatic rings. The lowest BCUT2D eigenvalue weighted by Crippen LogP contribution is -2.27. The second kappa shape index (κ2) is 6.03. The Balaban J connectivity index is 1.98. The number of nitrogens with one attached hydrogen (secondary N) is 1. The molecule has 0 spiro atoms. The van der Waals surface area contributed by atoms with Crippen LogP contribution in [0.5, 0.6) is 0 Å².